The average Bonchev–Trinajstić information content (AvgIpc) is 2.17. The van der Waals surface area contributed by atoms with Crippen LogP contribution in [0.2, 0.25) is 0 Å². The van der Waals surface area contributed by atoms with Crippen molar-refractivity contribution in [2.45, 2.75) is 39.7 Å². The van der Waals surface area contributed by atoms with E-state index in [0.717, 1.165) is 0 Å². The Labute approximate surface area is 97.8 Å². The molecular formula is C11H19O4P. The van der Waals surface area contributed by atoms with Gasteiger partial charge >= 0.3 is 97.2 Å². The van der Waals surface area contributed by atoms with E-state index in [2.05, 4.69) is 5.63 Å². The first kappa shape index (κ1) is 15.4. The van der Waals surface area contributed by atoms with Crippen molar-refractivity contribution in [2.75, 3.05) is 13.2 Å². The fourth-order valence-electron chi connectivity index (χ4n) is 1.47. The number of hydrogen-bond acceptors (Lipinski definition) is 4. The van der Waals surface area contributed by atoms with Crippen LogP contribution in [0.1, 0.15) is 34.1 Å². The molecule has 1 unspecified atom stereocenters. The van der Waals surface area contributed by atoms with Crippen LogP contribution < -0.4 is 0 Å². The quantitative estimate of drug-likeness (QED) is 0.534. The summed E-state index contributed by atoms with van der Waals surface area (Å²) < 4.78 is 21.0. The van der Waals surface area contributed by atoms with Gasteiger partial charge in [0.2, 0.25) is 0 Å². The van der Waals surface area contributed by atoms with E-state index in [4.69, 9.17) is 9.47 Å². The first-order valence-corrected chi connectivity index (χ1v) is 6.24. The molecule has 0 aromatic heterocycles. The Morgan fingerprint density at radius 1 is 1.38 bits per heavy atom. The van der Waals surface area contributed by atoms with Crippen molar-refractivity contribution >= 4 is 13.9 Å². The summed E-state index contributed by atoms with van der Waals surface area (Å²) in [5.74, 6) is -0.306. The van der Waals surface area contributed by atoms with Gasteiger partial charge in [0.25, 0.3) is 0 Å². The maximum atomic E-state index is 11.8. The fraction of sp³-hybridized carbons (Fsp3) is 0.818. The van der Waals surface area contributed by atoms with Crippen LogP contribution in [0.4, 0.5) is 0 Å². The Kier molecular flexibility index (Phi) is 7.40. The maximum absolute atomic E-state index is 11.8. The van der Waals surface area contributed by atoms with Crippen molar-refractivity contribution < 1.29 is 18.8 Å². The fourth-order valence-corrected chi connectivity index (χ4v) is 1.86. The van der Waals surface area contributed by atoms with Crippen LogP contribution in [0.25, 0.3) is 0 Å². The van der Waals surface area contributed by atoms with Crippen LogP contribution in [0, 0.1) is 11.5 Å². The molecule has 0 bridgehead atoms. The summed E-state index contributed by atoms with van der Waals surface area (Å²) in [6.45, 7) is 8.01. The van der Waals surface area contributed by atoms with E-state index in [1.165, 1.54) is 0 Å². The van der Waals surface area contributed by atoms with Crippen LogP contribution in [0.15, 0.2) is 0 Å². The number of carbonyl (C=O) groups excluding carboxylic acids is 1. The second kappa shape index (κ2) is 7.67. The molecule has 0 aromatic carbocycles. The number of ether oxygens (including phenoxy) is 2. The molecule has 0 saturated carbocycles. The topological polar surface area (TPSA) is 52.6 Å². The zero-order valence-corrected chi connectivity index (χ0v) is 11.2. The van der Waals surface area contributed by atoms with E-state index in [-0.39, 0.29) is 20.4 Å². The minimum atomic E-state index is -1.30. The summed E-state index contributed by atoms with van der Waals surface area (Å²) in [5.41, 5.74) is 1.23. The van der Waals surface area contributed by atoms with Gasteiger partial charge in [-0.15, -0.1) is 0 Å². The van der Waals surface area contributed by atoms with Gasteiger partial charge in [-0.25, -0.2) is 0 Å². The van der Waals surface area contributed by atoms with Crippen LogP contribution in [-0.2, 0) is 18.8 Å². The zero-order chi connectivity index (χ0) is 12.6. The molecule has 92 valence electrons. The monoisotopic (exact) mass is 246 g/mol. The molecule has 0 N–H and O–H groups in total. The molecule has 4 nitrogen and oxygen atoms in total. The first-order chi connectivity index (χ1) is 7.52. The van der Waals surface area contributed by atoms with Crippen LogP contribution in [0.3, 0.4) is 0 Å². The molecule has 0 aliphatic rings. The minimum absolute atomic E-state index is 0.213. The summed E-state index contributed by atoms with van der Waals surface area (Å²) >= 11 is 0. The number of rotatable bonds is 6. The van der Waals surface area contributed by atoms with Crippen LogP contribution >= 0.6 is 7.92 Å². The molecule has 0 fully saturated rings. The Balaban J connectivity index is 5.12. The van der Waals surface area contributed by atoms with Crippen molar-refractivity contribution in [3.63, 3.8) is 0 Å². The van der Waals surface area contributed by atoms with Gasteiger partial charge in [0.15, 0.2) is 0 Å². The third kappa shape index (κ3) is 4.52. The van der Waals surface area contributed by atoms with Gasteiger partial charge < -0.3 is 0 Å². The predicted molar refractivity (Wildman–Crippen MR) is 61.9 cm³/mol. The predicted octanol–water partition coefficient (Wildman–Crippen LogP) is 2.62. The Bertz CT molecular complexity index is 320. The summed E-state index contributed by atoms with van der Waals surface area (Å²) in [6.07, 6.45) is 0.412. The Morgan fingerprint density at radius 2 is 2.00 bits per heavy atom. The van der Waals surface area contributed by atoms with Gasteiger partial charge in [0.05, 0.1) is 0 Å². The van der Waals surface area contributed by atoms with Gasteiger partial charge in [0, 0.05) is 0 Å². The van der Waals surface area contributed by atoms with Crippen molar-refractivity contribution in [1.29, 1.82) is 0 Å². The van der Waals surface area contributed by atoms with E-state index >= 15 is 0 Å². The average molecular weight is 246 g/mol. The number of carbonyl (C=O) groups is 1. The summed E-state index contributed by atoms with van der Waals surface area (Å²) in [5, 5.41) is 0. The molecule has 1 atom stereocenters. The molecule has 0 saturated heterocycles. The van der Waals surface area contributed by atoms with Crippen molar-refractivity contribution in [3.05, 3.63) is 0 Å². The Hall–Kier alpha value is -0.560. The summed E-state index contributed by atoms with van der Waals surface area (Å²) in [7, 11) is -0.346. The molecule has 0 aliphatic heterocycles. The van der Waals surface area contributed by atoms with E-state index in [1.807, 2.05) is 13.8 Å². The van der Waals surface area contributed by atoms with E-state index in [1.54, 1.807) is 13.8 Å². The molecule has 0 spiro atoms. The Morgan fingerprint density at radius 3 is 2.38 bits per heavy atom. The third-order valence-corrected chi connectivity index (χ3v) is 2.37. The third-order valence-electron chi connectivity index (χ3n) is 1.92. The second-order valence-electron chi connectivity index (χ2n) is 3.78. The SMILES string of the molecule is CCOC(=O)C(C#P=O)(CC(C)C)OCC. The summed E-state index contributed by atoms with van der Waals surface area (Å²) in [6, 6.07) is 0. The van der Waals surface area contributed by atoms with Gasteiger partial charge in [-0.1, -0.05) is 0 Å². The second-order valence-corrected chi connectivity index (χ2v) is 4.19. The first-order valence-electron chi connectivity index (χ1n) is 5.43. The van der Waals surface area contributed by atoms with E-state index in [9.17, 15) is 9.36 Å². The van der Waals surface area contributed by atoms with Crippen LogP contribution in [-0.4, -0.2) is 24.8 Å². The number of esters is 1. The van der Waals surface area contributed by atoms with Crippen LogP contribution in [0.5, 0.6) is 0 Å². The van der Waals surface area contributed by atoms with Crippen molar-refractivity contribution in [2.24, 2.45) is 5.92 Å². The van der Waals surface area contributed by atoms with Crippen molar-refractivity contribution in [3.8, 4) is 5.63 Å². The summed E-state index contributed by atoms with van der Waals surface area (Å²) in [4.78, 5) is 11.8. The molecular weight excluding hydrogens is 227 g/mol. The molecule has 0 radical (unpaired) electrons. The van der Waals surface area contributed by atoms with Gasteiger partial charge in [-0.05, 0) is 0 Å². The molecule has 16 heavy (non-hydrogen) atoms. The molecule has 0 heterocycles. The zero-order valence-electron chi connectivity index (χ0n) is 10.3. The molecule has 5 heteroatoms. The molecule has 0 rings (SSSR count). The van der Waals surface area contributed by atoms with E-state index in [0.29, 0.717) is 13.0 Å². The number of hydrogen-bond donors (Lipinski definition) is 0. The van der Waals surface area contributed by atoms with Gasteiger partial charge in [-0.2, -0.15) is 0 Å². The molecule has 0 amide bonds. The molecule has 0 aromatic rings. The van der Waals surface area contributed by atoms with Gasteiger partial charge in [-0.3, -0.25) is 0 Å². The normalized spacial score (nSPS) is 14.1. The van der Waals surface area contributed by atoms with E-state index < -0.39 is 11.6 Å². The standard InChI is InChI=1S/C11H19O4P/c1-5-14-10(12)11(8-16-13,15-6-2)7-9(3)4/h9H,5-7H2,1-4H3. The molecule has 0 aliphatic carbocycles. The van der Waals surface area contributed by atoms with Crippen molar-refractivity contribution in [1.82, 2.24) is 0 Å². The van der Waals surface area contributed by atoms with Gasteiger partial charge in [0.1, 0.15) is 0 Å².